The molecule has 0 aliphatic carbocycles. The molecule has 0 N–H and O–H groups in total. The van der Waals surface area contributed by atoms with E-state index >= 15 is 0 Å². The first-order valence-corrected chi connectivity index (χ1v) is 10.1. The molecule has 2 amide bonds. The Morgan fingerprint density at radius 1 is 1.07 bits per heavy atom. The van der Waals surface area contributed by atoms with Crippen molar-refractivity contribution in [2.75, 3.05) is 36.5 Å². The minimum atomic E-state index is -0.300. The lowest BCUT2D eigenvalue weighted by Gasteiger charge is -2.45. The van der Waals surface area contributed by atoms with Gasteiger partial charge in [0.25, 0.3) is 0 Å². The van der Waals surface area contributed by atoms with E-state index in [1.165, 1.54) is 0 Å². The lowest BCUT2D eigenvalue weighted by molar-refractivity contribution is -0.137. The average molecular weight is 405 g/mol. The van der Waals surface area contributed by atoms with Gasteiger partial charge in [-0.15, -0.1) is 15.3 Å². The SMILES string of the molecule is Cc1nnc2ccc(N3CC(N(C)C(=O)C4CC(=O)N(c5ccccc5)C4)C3)nn12. The topological polar surface area (TPSA) is 86.9 Å². The number of anilines is 2. The average Bonchev–Trinajstić information content (AvgIpc) is 3.30. The number of hydrogen-bond donors (Lipinski definition) is 0. The maximum atomic E-state index is 13.0. The molecule has 0 spiro atoms. The van der Waals surface area contributed by atoms with E-state index in [9.17, 15) is 9.59 Å². The number of amides is 2. The number of aromatic nitrogens is 4. The summed E-state index contributed by atoms with van der Waals surface area (Å²) < 4.78 is 1.72. The molecule has 9 nitrogen and oxygen atoms in total. The van der Waals surface area contributed by atoms with Gasteiger partial charge in [0.2, 0.25) is 11.8 Å². The van der Waals surface area contributed by atoms with Crippen LogP contribution in [-0.4, -0.2) is 69.2 Å². The highest BCUT2D eigenvalue weighted by molar-refractivity contribution is 6.00. The van der Waals surface area contributed by atoms with Gasteiger partial charge in [0.15, 0.2) is 11.5 Å². The molecule has 2 aromatic heterocycles. The van der Waals surface area contributed by atoms with Crippen LogP contribution in [0.25, 0.3) is 5.65 Å². The monoisotopic (exact) mass is 405 g/mol. The fourth-order valence-corrected chi connectivity index (χ4v) is 4.14. The number of carbonyl (C=O) groups excluding carboxylic acids is 2. The van der Waals surface area contributed by atoms with Crippen LogP contribution >= 0.6 is 0 Å². The Morgan fingerprint density at radius 2 is 1.83 bits per heavy atom. The molecule has 2 aliphatic rings. The number of hydrogen-bond acceptors (Lipinski definition) is 6. The second kappa shape index (κ2) is 7.08. The van der Waals surface area contributed by atoms with E-state index in [1.54, 1.807) is 14.3 Å². The van der Waals surface area contributed by atoms with Crippen molar-refractivity contribution in [2.24, 2.45) is 5.92 Å². The van der Waals surface area contributed by atoms with Gasteiger partial charge in [-0.1, -0.05) is 18.2 Å². The highest BCUT2D eigenvalue weighted by Gasteiger charge is 2.40. The molecule has 154 valence electrons. The first-order chi connectivity index (χ1) is 14.5. The van der Waals surface area contributed by atoms with E-state index < -0.39 is 0 Å². The molecule has 1 aromatic carbocycles. The van der Waals surface area contributed by atoms with Crippen LogP contribution in [-0.2, 0) is 9.59 Å². The Labute approximate surface area is 173 Å². The van der Waals surface area contributed by atoms with Gasteiger partial charge < -0.3 is 14.7 Å². The number of benzene rings is 1. The second-order valence-electron chi connectivity index (χ2n) is 7.96. The number of carbonyl (C=O) groups is 2. The number of para-hydroxylation sites is 1. The molecule has 4 heterocycles. The predicted molar refractivity (Wildman–Crippen MR) is 111 cm³/mol. The van der Waals surface area contributed by atoms with Gasteiger partial charge in [0, 0.05) is 38.8 Å². The van der Waals surface area contributed by atoms with Crippen molar-refractivity contribution in [3.63, 3.8) is 0 Å². The third-order valence-electron chi connectivity index (χ3n) is 6.03. The molecule has 1 unspecified atom stereocenters. The number of likely N-dealkylation sites (N-methyl/N-ethyl adjacent to an activating group) is 1. The molecule has 2 saturated heterocycles. The summed E-state index contributed by atoms with van der Waals surface area (Å²) in [5.41, 5.74) is 1.57. The highest BCUT2D eigenvalue weighted by atomic mass is 16.2. The summed E-state index contributed by atoms with van der Waals surface area (Å²) in [5, 5.41) is 12.7. The van der Waals surface area contributed by atoms with Crippen LogP contribution in [0.15, 0.2) is 42.5 Å². The molecule has 2 fully saturated rings. The van der Waals surface area contributed by atoms with Gasteiger partial charge in [-0.3, -0.25) is 9.59 Å². The summed E-state index contributed by atoms with van der Waals surface area (Å²) in [6, 6.07) is 13.5. The normalized spacial score (nSPS) is 19.4. The third kappa shape index (κ3) is 3.06. The highest BCUT2D eigenvalue weighted by Crippen LogP contribution is 2.28. The van der Waals surface area contributed by atoms with Crippen LogP contribution in [0.5, 0.6) is 0 Å². The Hall–Kier alpha value is -3.49. The Bertz CT molecular complexity index is 1110. The summed E-state index contributed by atoms with van der Waals surface area (Å²) in [7, 11) is 1.83. The molecule has 0 saturated carbocycles. The van der Waals surface area contributed by atoms with Crippen molar-refractivity contribution in [1.82, 2.24) is 24.7 Å². The van der Waals surface area contributed by atoms with Gasteiger partial charge in [-0.25, -0.2) is 0 Å². The summed E-state index contributed by atoms with van der Waals surface area (Å²) in [6.07, 6.45) is 0.264. The van der Waals surface area contributed by atoms with Crippen LogP contribution in [0, 0.1) is 12.8 Å². The Morgan fingerprint density at radius 3 is 2.60 bits per heavy atom. The molecule has 3 aromatic rings. The number of rotatable bonds is 4. The molecule has 2 aliphatic heterocycles. The van der Waals surface area contributed by atoms with Gasteiger partial charge in [0.1, 0.15) is 5.82 Å². The summed E-state index contributed by atoms with van der Waals surface area (Å²) in [5.74, 6) is 1.32. The standard InChI is InChI=1S/C21H23N7O2/c1-14-22-23-18-8-9-19(24-28(14)18)26-12-17(13-26)25(2)21(30)15-10-20(29)27(11-15)16-6-4-3-5-7-16/h3-9,15,17H,10-13H2,1-2H3. The lowest BCUT2D eigenvalue weighted by atomic mass is 10.0. The maximum Gasteiger partial charge on any atom is 0.228 e. The van der Waals surface area contributed by atoms with Gasteiger partial charge in [0.05, 0.1) is 12.0 Å². The van der Waals surface area contributed by atoms with E-state index in [0.717, 1.165) is 23.0 Å². The van der Waals surface area contributed by atoms with Crippen molar-refractivity contribution in [1.29, 1.82) is 0 Å². The minimum absolute atomic E-state index is 0.00463. The molecular weight excluding hydrogens is 382 g/mol. The first kappa shape index (κ1) is 18.5. The molecule has 0 bridgehead atoms. The first-order valence-electron chi connectivity index (χ1n) is 10.1. The third-order valence-corrected chi connectivity index (χ3v) is 6.03. The van der Waals surface area contributed by atoms with Gasteiger partial charge >= 0.3 is 0 Å². The van der Waals surface area contributed by atoms with Crippen LogP contribution in [0.3, 0.4) is 0 Å². The molecule has 0 radical (unpaired) electrons. The van der Waals surface area contributed by atoms with E-state index in [1.807, 2.05) is 56.4 Å². The fraction of sp³-hybridized carbons (Fsp3) is 0.381. The zero-order chi connectivity index (χ0) is 20.8. The zero-order valence-electron chi connectivity index (χ0n) is 17.0. The van der Waals surface area contributed by atoms with Gasteiger partial charge in [-0.05, 0) is 31.2 Å². The zero-order valence-corrected chi connectivity index (χ0v) is 17.0. The van der Waals surface area contributed by atoms with Crippen LogP contribution in [0.2, 0.25) is 0 Å². The van der Waals surface area contributed by atoms with Crippen molar-refractivity contribution >= 4 is 29.0 Å². The number of aryl methyl sites for hydroxylation is 1. The van der Waals surface area contributed by atoms with E-state index in [0.29, 0.717) is 19.6 Å². The molecule has 9 heteroatoms. The van der Waals surface area contributed by atoms with Crippen molar-refractivity contribution < 1.29 is 9.59 Å². The van der Waals surface area contributed by atoms with E-state index in [-0.39, 0.29) is 30.2 Å². The van der Waals surface area contributed by atoms with Crippen LogP contribution < -0.4 is 9.80 Å². The van der Waals surface area contributed by atoms with Crippen molar-refractivity contribution in [3.8, 4) is 0 Å². The van der Waals surface area contributed by atoms with Crippen LogP contribution in [0.4, 0.5) is 11.5 Å². The Balaban J connectivity index is 1.22. The maximum absolute atomic E-state index is 13.0. The minimum Gasteiger partial charge on any atom is -0.351 e. The Kier molecular flexibility index (Phi) is 4.38. The molecule has 5 rings (SSSR count). The summed E-state index contributed by atoms with van der Waals surface area (Å²) >= 11 is 0. The largest absolute Gasteiger partial charge is 0.351 e. The smallest absolute Gasteiger partial charge is 0.228 e. The summed E-state index contributed by atoms with van der Waals surface area (Å²) in [6.45, 7) is 3.73. The van der Waals surface area contributed by atoms with E-state index in [4.69, 9.17) is 0 Å². The molecular formula is C21H23N7O2. The fourth-order valence-electron chi connectivity index (χ4n) is 4.14. The van der Waals surface area contributed by atoms with Gasteiger partial charge in [-0.2, -0.15) is 4.52 Å². The van der Waals surface area contributed by atoms with Crippen molar-refractivity contribution in [3.05, 3.63) is 48.3 Å². The number of nitrogens with zero attached hydrogens (tertiary/aromatic N) is 7. The van der Waals surface area contributed by atoms with Crippen LogP contribution in [0.1, 0.15) is 12.2 Å². The second-order valence-corrected chi connectivity index (χ2v) is 7.96. The number of fused-ring (bicyclic) bond motifs is 1. The predicted octanol–water partition coefficient (Wildman–Crippen LogP) is 1.13. The quantitative estimate of drug-likeness (QED) is 0.647. The van der Waals surface area contributed by atoms with Crippen molar-refractivity contribution in [2.45, 2.75) is 19.4 Å². The van der Waals surface area contributed by atoms with E-state index in [2.05, 4.69) is 20.2 Å². The summed E-state index contributed by atoms with van der Waals surface area (Å²) in [4.78, 5) is 31.1. The lowest BCUT2D eigenvalue weighted by Crippen LogP contribution is -2.61. The molecule has 1 atom stereocenters. The molecule has 30 heavy (non-hydrogen) atoms.